The molecule has 0 aliphatic heterocycles. The Labute approximate surface area is 431 Å². The predicted molar refractivity (Wildman–Crippen MR) is 317 cm³/mol. The van der Waals surface area contributed by atoms with Gasteiger partial charge < -0.3 is 0 Å². The van der Waals surface area contributed by atoms with E-state index >= 15 is 0 Å². The smallest absolute Gasteiger partial charge is 0.0725 e. The summed E-state index contributed by atoms with van der Waals surface area (Å²) < 4.78 is 0. The van der Waals surface area contributed by atoms with Gasteiger partial charge >= 0.3 is 0 Å². The topological polar surface area (TPSA) is 0 Å². The van der Waals surface area contributed by atoms with Gasteiger partial charge in [-0.3, -0.25) is 0 Å². The summed E-state index contributed by atoms with van der Waals surface area (Å²) >= 11 is 0. The lowest BCUT2D eigenvalue weighted by atomic mass is 9.69. The van der Waals surface area contributed by atoms with E-state index in [1.54, 1.807) is 0 Å². The first-order valence-electron chi connectivity index (χ1n) is 25.9. The third-order valence-electron chi connectivity index (χ3n) is 16.5. The van der Waals surface area contributed by atoms with Gasteiger partial charge in [-0.15, -0.1) is 0 Å². The quantitative estimate of drug-likeness (QED) is 0.146. The molecule has 0 heteroatoms. The normalized spacial score (nSPS) is 14.8. The van der Waals surface area contributed by atoms with Crippen molar-refractivity contribution in [2.24, 2.45) is 0 Å². The fraction of sp³-hybridized carbons (Fsp3) is 0.0270. The molecule has 2 aliphatic rings. The largest absolute Gasteiger partial charge is 0.0984 e. The first kappa shape index (κ1) is 42.3. The molecule has 0 bridgehead atoms. The van der Waals surface area contributed by atoms with Crippen molar-refractivity contribution < 1.29 is 0 Å². The minimum atomic E-state index is -0.496. The molecule has 0 N–H and O–H groups in total. The van der Waals surface area contributed by atoms with Gasteiger partial charge in [0.05, 0.1) is 5.41 Å². The Hall–Kier alpha value is -9.36. The molecule has 0 saturated heterocycles. The molecule has 1 atom stereocenters. The van der Waals surface area contributed by atoms with Crippen molar-refractivity contribution in [3.8, 4) is 55.6 Å². The molecule has 13 aromatic rings. The van der Waals surface area contributed by atoms with Gasteiger partial charge in [0.1, 0.15) is 0 Å². The van der Waals surface area contributed by atoms with Crippen LogP contribution in [0.3, 0.4) is 0 Å². The minimum absolute atomic E-state index is 0.496. The van der Waals surface area contributed by atoms with Crippen LogP contribution in [0.15, 0.2) is 273 Å². The van der Waals surface area contributed by atoms with Crippen LogP contribution in [0.4, 0.5) is 0 Å². The van der Waals surface area contributed by atoms with Crippen molar-refractivity contribution in [2.75, 3.05) is 0 Å². The van der Waals surface area contributed by atoms with E-state index in [4.69, 9.17) is 0 Å². The molecule has 0 nitrogen and oxygen atoms in total. The monoisotopic (exact) mass is 936 g/mol. The maximum absolute atomic E-state index is 4.40. The molecular formula is C74H48. The fourth-order valence-corrected chi connectivity index (χ4v) is 13.5. The van der Waals surface area contributed by atoms with Gasteiger partial charge in [-0.05, 0) is 185 Å². The van der Waals surface area contributed by atoms with Crippen LogP contribution >= 0.6 is 0 Å². The second-order valence-electron chi connectivity index (χ2n) is 20.2. The maximum Gasteiger partial charge on any atom is 0.0725 e. The molecule has 0 amide bonds. The van der Waals surface area contributed by atoms with Gasteiger partial charge in [0.15, 0.2) is 0 Å². The summed E-state index contributed by atoms with van der Waals surface area (Å²) in [6.07, 6.45) is 6.59. The average Bonchev–Trinajstić information content (AvgIpc) is 4.05. The van der Waals surface area contributed by atoms with E-state index < -0.39 is 5.41 Å². The summed E-state index contributed by atoms with van der Waals surface area (Å²) in [6, 6.07) is 91.3. The van der Waals surface area contributed by atoms with Crippen LogP contribution in [0.25, 0.3) is 126 Å². The Morgan fingerprint density at radius 3 is 1.22 bits per heavy atom. The number of benzene rings is 13. The Morgan fingerprint density at radius 1 is 0.311 bits per heavy atom. The predicted octanol–water partition coefficient (Wildman–Crippen LogP) is 20.1. The zero-order valence-corrected chi connectivity index (χ0v) is 41.0. The first-order chi connectivity index (χ1) is 36.6. The number of allylic oxidation sites excluding steroid dienone is 5. The Kier molecular flexibility index (Phi) is 9.34. The van der Waals surface area contributed by atoms with E-state index in [-0.39, 0.29) is 0 Å². The highest BCUT2D eigenvalue weighted by molar-refractivity contribution is 6.25. The molecule has 1 spiro atoms. The second kappa shape index (κ2) is 16.3. The maximum atomic E-state index is 4.40. The summed E-state index contributed by atoms with van der Waals surface area (Å²) in [4.78, 5) is 0. The van der Waals surface area contributed by atoms with Gasteiger partial charge in [0.2, 0.25) is 0 Å². The Balaban J connectivity index is 1.01. The highest BCUT2D eigenvalue weighted by atomic mass is 14.5. The molecule has 13 aromatic carbocycles. The molecule has 0 saturated carbocycles. The van der Waals surface area contributed by atoms with E-state index in [0.29, 0.717) is 0 Å². The van der Waals surface area contributed by atoms with E-state index in [1.165, 1.54) is 154 Å². The van der Waals surface area contributed by atoms with Crippen molar-refractivity contribution in [3.05, 3.63) is 295 Å². The highest BCUT2D eigenvalue weighted by Gasteiger charge is 2.51. The van der Waals surface area contributed by atoms with Crippen LogP contribution in [-0.4, -0.2) is 0 Å². The third kappa shape index (κ3) is 5.91. The van der Waals surface area contributed by atoms with Gasteiger partial charge in [-0.2, -0.15) is 0 Å². The van der Waals surface area contributed by atoms with E-state index in [1.807, 2.05) is 0 Å². The molecule has 0 aromatic heterocycles. The SMILES string of the molecule is C=CC1=C(/C=C\C)C2(c3ccccc31)c1ccccc1-c1ccc(-c3c4ccccc4c(-c4ccc5c(-c6ccc7ccccc7c6)c6ccccc6c(-c6ccc7ccccc7c6)c5c4)c4ccccc34)cc12. The van der Waals surface area contributed by atoms with E-state index in [9.17, 15) is 0 Å². The van der Waals surface area contributed by atoms with Crippen LogP contribution in [0.5, 0.6) is 0 Å². The number of hydrogen-bond acceptors (Lipinski definition) is 0. The molecule has 74 heavy (non-hydrogen) atoms. The van der Waals surface area contributed by atoms with Crippen molar-refractivity contribution >= 4 is 70.2 Å². The van der Waals surface area contributed by atoms with Crippen LogP contribution in [0, 0.1) is 0 Å². The fourth-order valence-electron chi connectivity index (χ4n) is 13.5. The molecular weight excluding hydrogens is 889 g/mol. The van der Waals surface area contributed by atoms with Crippen LogP contribution in [-0.2, 0) is 5.41 Å². The van der Waals surface area contributed by atoms with Crippen LogP contribution in [0.2, 0.25) is 0 Å². The summed E-state index contributed by atoms with van der Waals surface area (Å²) in [5.41, 5.74) is 19.6. The molecule has 0 radical (unpaired) electrons. The van der Waals surface area contributed by atoms with Crippen molar-refractivity contribution in [3.63, 3.8) is 0 Å². The van der Waals surface area contributed by atoms with Gasteiger partial charge in [0.25, 0.3) is 0 Å². The Morgan fingerprint density at radius 2 is 0.689 bits per heavy atom. The molecule has 0 heterocycles. The molecule has 1 unspecified atom stereocenters. The number of rotatable bonds is 6. The van der Waals surface area contributed by atoms with Crippen LogP contribution < -0.4 is 0 Å². The summed E-state index contributed by atoms with van der Waals surface area (Å²) in [6.45, 7) is 6.54. The summed E-state index contributed by atoms with van der Waals surface area (Å²) in [7, 11) is 0. The molecule has 2 aliphatic carbocycles. The zero-order chi connectivity index (χ0) is 49.1. The summed E-state index contributed by atoms with van der Waals surface area (Å²) in [5, 5.41) is 14.9. The molecule has 0 fully saturated rings. The lowest BCUT2D eigenvalue weighted by Crippen LogP contribution is -2.26. The van der Waals surface area contributed by atoms with Crippen molar-refractivity contribution in [1.29, 1.82) is 0 Å². The van der Waals surface area contributed by atoms with E-state index in [2.05, 4.69) is 274 Å². The average molecular weight is 937 g/mol. The lowest BCUT2D eigenvalue weighted by molar-refractivity contribution is 0.786. The lowest BCUT2D eigenvalue weighted by Gasteiger charge is -2.32. The van der Waals surface area contributed by atoms with Crippen LogP contribution in [0.1, 0.15) is 29.2 Å². The van der Waals surface area contributed by atoms with Gasteiger partial charge in [-0.25, -0.2) is 0 Å². The van der Waals surface area contributed by atoms with Gasteiger partial charge in [-0.1, -0.05) is 243 Å². The standard InChI is InChI=1S/C74H48/c1-3-19-66-54(4-2)55-24-15-17-32-67(55)74(66)68-33-18-16-25-56(68)57-40-38-53(45-69(57)74)72-60-28-11-9-26-58(60)71(59-27-10-12-29-61(59)72)52-39-41-64-65(44-52)73(51-37-35-47-21-6-8-23-49(47)43-51)63-31-14-13-30-62(63)70(64)50-36-34-46-20-5-7-22-48(46)42-50/h3-45H,2H2,1H3/b19-3-. The number of hydrogen-bond donors (Lipinski definition) is 0. The Bertz CT molecular complexity index is 4580. The molecule has 15 rings (SSSR count). The minimum Gasteiger partial charge on any atom is -0.0984 e. The summed E-state index contributed by atoms with van der Waals surface area (Å²) in [5.74, 6) is 0. The van der Waals surface area contributed by atoms with Crippen molar-refractivity contribution in [2.45, 2.75) is 12.3 Å². The van der Waals surface area contributed by atoms with Gasteiger partial charge in [0, 0.05) is 0 Å². The highest BCUT2D eigenvalue weighted by Crippen LogP contribution is 2.63. The zero-order valence-electron chi connectivity index (χ0n) is 41.0. The van der Waals surface area contributed by atoms with Crippen molar-refractivity contribution in [1.82, 2.24) is 0 Å². The first-order valence-corrected chi connectivity index (χ1v) is 25.9. The second-order valence-corrected chi connectivity index (χ2v) is 20.2. The number of fused-ring (bicyclic) bond motifs is 13. The third-order valence-corrected chi connectivity index (χ3v) is 16.5. The van der Waals surface area contributed by atoms with E-state index in [0.717, 1.165) is 0 Å². The molecule has 344 valence electrons.